The molecule has 0 saturated carbocycles. The molecule has 1 atom stereocenters. The van der Waals surface area contributed by atoms with E-state index in [0.29, 0.717) is 6.04 Å². The van der Waals surface area contributed by atoms with Gasteiger partial charge in [0, 0.05) is 40.4 Å². The molecule has 2 aromatic rings. The third-order valence-electron chi connectivity index (χ3n) is 4.83. The van der Waals surface area contributed by atoms with Crippen molar-refractivity contribution in [3.8, 4) is 0 Å². The standard InChI is InChI=1S/C21H25ClN2OS/c1-23(2)19-4-3-13-24(14-19)21(25)17-7-5-16(6-8-17)15-26-20-11-9-18(22)10-12-20/h5-12,19H,3-4,13-15H2,1-2H3. The Morgan fingerprint density at radius 3 is 2.50 bits per heavy atom. The van der Waals surface area contributed by atoms with Crippen LogP contribution in [0.5, 0.6) is 0 Å². The van der Waals surface area contributed by atoms with Crippen molar-refractivity contribution < 1.29 is 4.79 Å². The predicted octanol–water partition coefficient (Wildman–Crippen LogP) is 4.80. The molecular weight excluding hydrogens is 364 g/mol. The van der Waals surface area contributed by atoms with Crippen LogP contribution in [0.4, 0.5) is 0 Å². The van der Waals surface area contributed by atoms with Crippen molar-refractivity contribution in [2.24, 2.45) is 0 Å². The number of thioether (sulfide) groups is 1. The highest BCUT2D eigenvalue weighted by molar-refractivity contribution is 7.98. The van der Waals surface area contributed by atoms with Crippen molar-refractivity contribution >= 4 is 29.3 Å². The summed E-state index contributed by atoms with van der Waals surface area (Å²) in [5, 5.41) is 0.756. The zero-order chi connectivity index (χ0) is 18.5. The fraction of sp³-hybridized carbons (Fsp3) is 0.381. The summed E-state index contributed by atoms with van der Waals surface area (Å²) >= 11 is 7.69. The van der Waals surface area contributed by atoms with E-state index in [0.717, 1.165) is 42.3 Å². The average molecular weight is 389 g/mol. The summed E-state index contributed by atoms with van der Waals surface area (Å²) in [6.45, 7) is 1.68. The molecule has 2 aromatic carbocycles. The number of carbonyl (C=O) groups is 1. The van der Waals surface area contributed by atoms with Gasteiger partial charge in [0.1, 0.15) is 0 Å². The van der Waals surface area contributed by atoms with E-state index in [1.54, 1.807) is 11.8 Å². The van der Waals surface area contributed by atoms with E-state index in [1.165, 1.54) is 10.5 Å². The number of benzene rings is 2. The lowest BCUT2D eigenvalue weighted by molar-refractivity contribution is 0.0635. The fourth-order valence-corrected chi connectivity index (χ4v) is 4.16. The van der Waals surface area contributed by atoms with Crippen LogP contribution in [0.2, 0.25) is 5.02 Å². The van der Waals surface area contributed by atoms with Crippen LogP contribution in [0, 0.1) is 0 Å². The number of likely N-dealkylation sites (N-methyl/N-ethyl adjacent to an activating group) is 1. The molecule has 1 saturated heterocycles. The maximum Gasteiger partial charge on any atom is 0.253 e. The van der Waals surface area contributed by atoms with Gasteiger partial charge in [0.05, 0.1) is 0 Å². The van der Waals surface area contributed by atoms with Crippen LogP contribution in [0.3, 0.4) is 0 Å². The number of piperidine rings is 1. The quantitative estimate of drug-likeness (QED) is 0.687. The molecule has 0 radical (unpaired) electrons. The first-order valence-electron chi connectivity index (χ1n) is 8.96. The highest BCUT2D eigenvalue weighted by atomic mass is 35.5. The van der Waals surface area contributed by atoms with Gasteiger partial charge >= 0.3 is 0 Å². The second kappa shape index (κ2) is 8.94. The zero-order valence-corrected chi connectivity index (χ0v) is 16.9. The maximum absolute atomic E-state index is 12.8. The molecule has 0 spiro atoms. The summed E-state index contributed by atoms with van der Waals surface area (Å²) in [6.07, 6.45) is 2.24. The monoisotopic (exact) mass is 388 g/mol. The Morgan fingerprint density at radius 1 is 1.15 bits per heavy atom. The van der Waals surface area contributed by atoms with Gasteiger partial charge < -0.3 is 9.80 Å². The first-order chi connectivity index (χ1) is 12.5. The van der Waals surface area contributed by atoms with E-state index in [2.05, 4.69) is 31.1 Å². The number of rotatable bonds is 5. The van der Waals surface area contributed by atoms with Gasteiger partial charge in [-0.25, -0.2) is 0 Å². The molecule has 1 heterocycles. The largest absolute Gasteiger partial charge is 0.337 e. The van der Waals surface area contributed by atoms with Crippen molar-refractivity contribution in [3.63, 3.8) is 0 Å². The van der Waals surface area contributed by atoms with Crippen LogP contribution in [-0.2, 0) is 5.75 Å². The predicted molar refractivity (Wildman–Crippen MR) is 110 cm³/mol. The minimum atomic E-state index is 0.147. The lowest BCUT2D eigenvalue weighted by atomic mass is 10.0. The number of hydrogen-bond donors (Lipinski definition) is 0. The lowest BCUT2D eigenvalue weighted by Crippen LogP contribution is -2.47. The second-order valence-electron chi connectivity index (χ2n) is 6.95. The molecule has 0 bridgehead atoms. The van der Waals surface area contributed by atoms with Gasteiger partial charge in [-0.2, -0.15) is 0 Å². The van der Waals surface area contributed by atoms with Gasteiger partial charge in [-0.15, -0.1) is 11.8 Å². The van der Waals surface area contributed by atoms with E-state index in [1.807, 2.05) is 41.3 Å². The average Bonchev–Trinajstić information content (AvgIpc) is 2.67. The molecule has 5 heteroatoms. The summed E-state index contributed by atoms with van der Waals surface area (Å²) in [5.41, 5.74) is 2.00. The van der Waals surface area contributed by atoms with E-state index >= 15 is 0 Å². The summed E-state index contributed by atoms with van der Waals surface area (Å²) in [4.78, 5) is 18.2. The van der Waals surface area contributed by atoms with Crippen LogP contribution in [0.15, 0.2) is 53.4 Å². The maximum atomic E-state index is 12.8. The Bertz CT molecular complexity index is 731. The van der Waals surface area contributed by atoms with Crippen molar-refractivity contribution in [2.75, 3.05) is 27.2 Å². The van der Waals surface area contributed by atoms with E-state index in [-0.39, 0.29) is 5.91 Å². The van der Waals surface area contributed by atoms with Crippen LogP contribution in [0.1, 0.15) is 28.8 Å². The molecule has 1 aliphatic rings. The number of nitrogens with zero attached hydrogens (tertiary/aromatic N) is 2. The molecule has 3 rings (SSSR count). The molecule has 1 amide bonds. The highest BCUT2D eigenvalue weighted by Crippen LogP contribution is 2.24. The van der Waals surface area contributed by atoms with E-state index in [9.17, 15) is 4.79 Å². The fourth-order valence-electron chi connectivity index (χ4n) is 3.18. The summed E-state index contributed by atoms with van der Waals surface area (Å²) < 4.78 is 0. The molecule has 138 valence electrons. The van der Waals surface area contributed by atoms with Crippen molar-refractivity contribution in [1.82, 2.24) is 9.80 Å². The number of amides is 1. The van der Waals surface area contributed by atoms with Gasteiger partial charge in [0.2, 0.25) is 0 Å². The first kappa shape index (κ1) is 19.3. The van der Waals surface area contributed by atoms with Crippen molar-refractivity contribution in [2.45, 2.75) is 29.5 Å². The van der Waals surface area contributed by atoms with Crippen LogP contribution in [-0.4, -0.2) is 48.9 Å². The Kier molecular flexibility index (Phi) is 6.63. The first-order valence-corrected chi connectivity index (χ1v) is 10.3. The van der Waals surface area contributed by atoms with Crippen LogP contribution < -0.4 is 0 Å². The number of carbonyl (C=O) groups excluding carboxylic acids is 1. The molecule has 0 aliphatic carbocycles. The smallest absolute Gasteiger partial charge is 0.253 e. The molecule has 1 unspecified atom stereocenters. The summed E-state index contributed by atoms with van der Waals surface area (Å²) in [7, 11) is 4.18. The summed E-state index contributed by atoms with van der Waals surface area (Å²) in [5.74, 6) is 1.02. The number of likely N-dealkylation sites (tertiary alicyclic amines) is 1. The highest BCUT2D eigenvalue weighted by Gasteiger charge is 2.25. The van der Waals surface area contributed by atoms with Crippen molar-refractivity contribution in [3.05, 3.63) is 64.7 Å². The molecular formula is C21H25ClN2OS. The molecule has 0 N–H and O–H groups in total. The van der Waals surface area contributed by atoms with E-state index in [4.69, 9.17) is 11.6 Å². The molecule has 1 aliphatic heterocycles. The normalized spacial score (nSPS) is 17.5. The van der Waals surface area contributed by atoms with Crippen LogP contribution in [0.25, 0.3) is 0 Å². The molecule has 1 fully saturated rings. The number of halogens is 1. The van der Waals surface area contributed by atoms with Gasteiger partial charge in [-0.05, 0) is 68.9 Å². The third kappa shape index (κ3) is 5.03. The Morgan fingerprint density at radius 2 is 1.85 bits per heavy atom. The molecule has 3 nitrogen and oxygen atoms in total. The van der Waals surface area contributed by atoms with Gasteiger partial charge in [-0.1, -0.05) is 23.7 Å². The minimum Gasteiger partial charge on any atom is -0.337 e. The van der Waals surface area contributed by atoms with Crippen LogP contribution >= 0.6 is 23.4 Å². The van der Waals surface area contributed by atoms with Crippen molar-refractivity contribution in [1.29, 1.82) is 0 Å². The lowest BCUT2D eigenvalue weighted by Gasteiger charge is -2.36. The third-order valence-corrected chi connectivity index (χ3v) is 6.17. The van der Waals surface area contributed by atoms with Gasteiger partial charge in [0.25, 0.3) is 5.91 Å². The zero-order valence-electron chi connectivity index (χ0n) is 15.3. The SMILES string of the molecule is CN(C)C1CCCN(C(=O)c2ccc(CSc3ccc(Cl)cc3)cc2)C1. The number of hydrogen-bond acceptors (Lipinski definition) is 3. The second-order valence-corrected chi connectivity index (χ2v) is 8.44. The molecule has 0 aromatic heterocycles. The van der Waals surface area contributed by atoms with E-state index < -0.39 is 0 Å². The Balaban J connectivity index is 1.58. The minimum absolute atomic E-state index is 0.147. The summed E-state index contributed by atoms with van der Waals surface area (Å²) in [6, 6.07) is 16.4. The Labute approximate surface area is 165 Å². The molecule has 26 heavy (non-hydrogen) atoms. The topological polar surface area (TPSA) is 23.6 Å². The van der Waals surface area contributed by atoms with Gasteiger partial charge in [0.15, 0.2) is 0 Å². The Hall–Kier alpha value is -1.49. The van der Waals surface area contributed by atoms with Gasteiger partial charge in [-0.3, -0.25) is 4.79 Å².